The van der Waals surface area contributed by atoms with Crippen molar-refractivity contribution in [1.29, 1.82) is 0 Å². The van der Waals surface area contributed by atoms with Gasteiger partial charge in [0, 0.05) is 11.6 Å². The topological polar surface area (TPSA) is 24.9 Å². The molecule has 1 fully saturated rings. The number of rotatable bonds is 2. The quantitative estimate of drug-likeness (QED) is 0.878. The molecule has 1 aromatic carbocycles. The number of halogens is 1. The first-order chi connectivity index (χ1) is 8.81. The zero-order valence-corrected chi connectivity index (χ0v) is 10.3. The van der Waals surface area contributed by atoms with E-state index in [4.69, 9.17) is 0 Å². The van der Waals surface area contributed by atoms with Crippen LogP contribution >= 0.6 is 0 Å². The Bertz CT molecular complexity index is 547. The Balaban J connectivity index is 1.83. The number of piperidine rings is 1. The van der Waals surface area contributed by atoms with Crippen molar-refractivity contribution in [2.24, 2.45) is 5.92 Å². The maximum absolute atomic E-state index is 13.2. The van der Waals surface area contributed by atoms with Gasteiger partial charge in [-0.2, -0.15) is 0 Å². The van der Waals surface area contributed by atoms with E-state index in [1.807, 2.05) is 6.20 Å². The molecule has 0 unspecified atom stereocenters. The molecular weight excluding hydrogens is 227 g/mol. The van der Waals surface area contributed by atoms with E-state index in [9.17, 15) is 4.39 Å². The molecule has 3 heteroatoms. The van der Waals surface area contributed by atoms with Crippen LogP contribution in [0.4, 0.5) is 4.39 Å². The van der Waals surface area contributed by atoms with Gasteiger partial charge in [-0.1, -0.05) is 0 Å². The molecular formula is C15H17FN2. The van der Waals surface area contributed by atoms with Gasteiger partial charge >= 0.3 is 0 Å². The summed E-state index contributed by atoms with van der Waals surface area (Å²) in [5.41, 5.74) is 2.09. The number of fused-ring (bicyclic) bond motifs is 1. The molecule has 0 amide bonds. The predicted molar refractivity (Wildman–Crippen MR) is 71.0 cm³/mol. The zero-order chi connectivity index (χ0) is 12.4. The molecule has 18 heavy (non-hydrogen) atoms. The van der Waals surface area contributed by atoms with Gasteiger partial charge in [0.05, 0.1) is 5.52 Å². The maximum atomic E-state index is 13.2. The van der Waals surface area contributed by atoms with Gasteiger partial charge in [-0.3, -0.25) is 4.98 Å². The molecule has 2 nitrogen and oxygen atoms in total. The number of aromatic nitrogens is 1. The van der Waals surface area contributed by atoms with Gasteiger partial charge in [0.15, 0.2) is 0 Å². The molecule has 2 heterocycles. The molecule has 0 spiro atoms. The molecule has 0 aliphatic carbocycles. The number of benzene rings is 1. The molecule has 0 saturated carbocycles. The first-order valence-electron chi connectivity index (χ1n) is 6.56. The highest BCUT2D eigenvalue weighted by Crippen LogP contribution is 2.20. The van der Waals surface area contributed by atoms with Crippen molar-refractivity contribution in [1.82, 2.24) is 10.3 Å². The lowest BCUT2D eigenvalue weighted by Gasteiger charge is -2.22. The van der Waals surface area contributed by atoms with Crippen molar-refractivity contribution in [2.45, 2.75) is 19.3 Å². The normalized spacial score (nSPS) is 17.2. The van der Waals surface area contributed by atoms with Crippen LogP contribution in [0.25, 0.3) is 10.9 Å². The Labute approximate surface area is 106 Å². The summed E-state index contributed by atoms with van der Waals surface area (Å²) in [5, 5.41) is 4.28. The smallest absolute Gasteiger partial charge is 0.123 e. The van der Waals surface area contributed by atoms with Crippen molar-refractivity contribution in [3.8, 4) is 0 Å². The van der Waals surface area contributed by atoms with E-state index < -0.39 is 0 Å². The third-order valence-electron chi connectivity index (χ3n) is 3.68. The van der Waals surface area contributed by atoms with E-state index >= 15 is 0 Å². The second-order valence-electron chi connectivity index (χ2n) is 5.08. The summed E-state index contributed by atoms with van der Waals surface area (Å²) in [6.45, 7) is 2.22. The van der Waals surface area contributed by atoms with Gasteiger partial charge in [-0.05, 0) is 68.1 Å². The van der Waals surface area contributed by atoms with Crippen LogP contribution in [0, 0.1) is 11.7 Å². The fraction of sp³-hybridized carbons (Fsp3) is 0.400. The lowest BCUT2D eigenvalue weighted by molar-refractivity contribution is 0.372. The zero-order valence-electron chi connectivity index (χ0n) is 10.3. The summed E-state index contributed by atoms with van der Waals surface area (Å²) in [4.78, 5) is 4.41. The largest absolute Gasteiger partial charge is 0.317 e. The van der Waals surface area contributed by atoms with Gasteiger partial charge < -0.3 is 5.32 Å². The van der Waals surface area contributed by atoms with Crippen molar-refractivity contribution in [3.63, 3.8) is 0 Å². The summed E-state index contributed by atoms with van der Waals surface area (Å²) < 4.78 is 13.2. The molecule has 1 aliphatic heterocycles. The van der Waals surface area contributed by atoms with Crippen molar-refractivity contribution >= 4 is 10.9 Å². The standard InChI is InChI=1S/C15H17FN2/c16-14-1-2-15-13(9-14)8-12(10-18-15)7-11-3-5-17-6-4-11/h1-2,8-11,17H,3-7H2. The Hall–Kier alpha value is -1.48. The number of pyridine rings is 1. The van der Waals surface area contributed by atoms with Crippen LogP contribution in [0.1, 0.15) is 18.4 Å². The highest BCUT2D eigenvalue weighted by Gasteiger charge is 2.13. The highest BCUT2D eigenvalue weighted by atomic mass is 19.1. The maximum Gasteiger partial charge on any atom is 0.123 e. The second kappa shape index (κ2) is 5.02. The van der Waals surface area contributed by atoms with Crippen molar-refractivity contribution in [2.75, 3.05) is 13.1 Å². The van der Waals surface area contributed by atoms with E-state index in [1.165, 1.54) is 24.5 Å². The molecule has 3 rings (SSSR count). The van der Waals surface area contributed by atoms with Crippen LogP contribution in [-0.2, 0) is 6.42 Å². The minimum absolute atomic E-state index is 0.191. The lowest BCUT2D eigenvalue weighted by Crippen LogP contribution is -2.28. The Morgan fingerprint density at radius 3 is 2.89 bits per heavy atom. The third kappa shape index (κ3) is 2.51. The molecule has 0 atom stereocenters. The summed E-state index contributed by atoms with van der Waals surface area (Å²) in [5.74, 6) is 0.544. The SMILES string of the molecule is Fc1ccc2ncc(CC3CCNCC3)cc2c1. The molecule has 1 saturated heterocycles. The second-order valence-corrected chi connectivity index (χ2v) is 5.08. The predicted octanol–water partition coefficient (Wildman–Crippen LogP) is 2.92. The Kier molecular flexibility index (Phi) is 3.24. The fourth-order valence-electron chi connectivity index (χ4n) is 2.68. The average molecular weight is 244 g/mol. The molecule has 94 valence electrons. The van der Waals surface area contributed by atoms with Crippen LogP contribution in [0.3, 0.4) is 0 Å². The van der Waals surface area contributed by atoms with E-state index in [2.05, 4.69) is 16.4 Å². The van der Waals surface area contributed by atoms with Crippen LogP contribution in [0.2, 0.25) is 0 Å². The molecule has 1 N–H and O–H groups in total. The van der Waals surface area contributed by atoms with E-state index in [0.29, 0.717) is 0 Å². The van der Waals surface area contributed by atoms with E-state index in [0.717, 1.165) is 36.3 Å². The number of hydrogen-bond acceptors (Lipinski definition) is 2. The Morgan fingerprint density at radius 2 is 2.06 bits per heavy atom. The summed E-state index contributed by atoms with van der Waals surface area (Å²) in [6, 6.07) is 6.84. The van der Waals surface area contributed by atoms with Crippen LogP contribution < -0.4 is 5.32 Å². The number of hydrogen-bond donors (Lipinski definition) is 1. The summed E-state index contributed by atoms with van der Waals surface area (Å²) >= 11 is 0. The van der Waals surface area contributed by atoms with Gasteiger partial charge in [0.25, 0.3) is 0 Å². The number of nitrogens with zero attached hydrogens (tertiary/aromatic N) is 1. The van der Waals surface area contributed by atoms with Crippen molar-refractivity contribution in [3.05, 3.63) is 41.8 Å². The molecule has 0 bridgehead atoms. The van der Waals surface area contributed by atoms with Crippen LogP contribution in [0.5, 0.6) is 0 Å². The van der Waals surface area contributed by atoms with Crippen LogP contribution in [0.15, 0.2) is 30.5 Å². The van der Waals surface area contributed by atoms with Crippen LogP contribution in [-0.4, -0.2) is 18.1 Å². The first-order valence-corrected chi connectivity index (χ1v) is 6.56. The van der Waals surface area contributed by atoms with Gasteiger partial charge in [0.2, 0.25) is 0 Å². The van der Waals surface area contributed by atoms with E-state index in [1.54, 1.807) is 12.1 Å². The van der Waals surface area contributed by atoms with Gasteiger partial charge in [0.1, 0.15) is 5.82 Å². The monoisotopic (exact) mass is 244 g/mol. The minimum Gasteiger partial charge on any atom is -0.317 e. The van der Waals surface area contributed by atoms with Gasteiger partial charge in [-0.25, -0.2) is 4.39 Å². The molecule has 0 radical (unpaired) electrons. The molecule has 2 aromatic rings. The lowest BCUT2D eigenvalue weighted by atomic mass is 9.91. The van der Waals surface area contributed by atoms with E-state index in [-0.39, 0.29) is 5.82 Å². The Morgan fingerprint density at radius 1 is 1.22 bits per heavy atom. The minimum atomic E-state index is -0.191. The first kappa shape index (κ1) is 11.6. The average Bonchev–Trinajstić information content (AvgIpc) is 2.39. The molecule has 1 aliphatic rings. The summed E-state index contributed by atoms with van der Waals surface area (Å²) in [7, 11) is 0. The number of nitrogens with one attached hydrogen (secondary N) is 1. The summed E-state index contributed by atoms with van der Waals surface area (Å²) in [6.07, 6.45) is 5.44. The molecule has 1 aromatic heterocycles. The van der Waals surface area contributed by atoms with Gasteiger partial charge in [-0.15, -0.1) is 0 Å². The third-order valence-corrected chi connectivity index (χ3v) is 3.68. The fourth-order valence-corrected chi connectivity index (χ4v) is 2.68. The highest BCUT2D eigenvalue weighted by molar-refractivity contribution is 5.78. The van der Waals surface area contributed by atoms with Crippen molar-refractivity contribution < 1.29 is 4.39 Å².